The first kappa shape index (κ1) is 16.9. The van der Waals surface area contributed by atoms with Gasteiger partial charge in [-0.05, 0) is 37.1 Å². The number of hydrogen-bond acceptors (Lipinski definition) is 5. The molecule has 0 saturated carbocycles. The Morgan fingerprint density at radius 2 is 1.64 bits per heavy atom. The van der Waals surface area contributed by atoms with Crippen molar-refractivity contribution in [3.63, 3.8) is 0 Å². The zero-order chi connectivity index (χ0) is 17.8. The predicted molar refractivity (Wildman–Crippen MR) is 94.8 cm³/mol. The van der Waals surface area contributed by atoms with Crippen molar-refractivity contribution in [3.8, 4) is 0 Å². The number of nitrogens with one attached hydrogen (secondary N) is 1. The third kappa shape index (κ3) is 4.12. The van der Waals surface area contributed by atoms with E-state index in [1.807, 2.05) is 26.0 Å². The minimum atomic E-state index is -0.108. The van der Waals surface area contributed by atoms with Crippen molar-refractivity contribution in [1.82, 2.24) is 19.8 Å². The number of aryl methyl sites for hydroxylation is 2. The van der Waals surface area contributed by atoms with Crippen molar-refractivity contribution in [2.75, 3.05) is 31.5 Å². The third-order valence-corrected chi connectivity index (χ3v) is 4.13. The number of rotatable bonds is 4. The van der Waals surface area contributed by atoms with Gasteiger partial charge in [-0.3, -0.25) is 9.59 Å². The number of nitrogens with zero attached hydrogens (tertiary/aromatic N) is 4. The molecular weight excluding hydrogens is 318 g/mol. The predicted octanol–water partition coefficient (Wildman–Crippen LogP) is 1.75. The number of benzene rings is 1. The van der Waals surface area contributed by atoms with Crippen molar-refractivity contribution in [2.45, 2.75) is 13.8 Å². The Morgan fingerprint density at radius 1 is 1.04 bits per heavy atom. The summed E-state index contributed by atoms with van der Waals surface area (Å²) in [6.45, 7) is 6.24. The van der Waals surface area contributed by atoms with Crippen LogP contribution >= 0.6 is 0 Å². The number of piperazine rings is 1. The van der Waals surface area contributed by atoms with Gasteiger partial charge in [0.25, 0.3) is 5.91 Å². The molecule has 7 heteroatoms. The molecule has 3 rings (SSSR count). The summed E-state index contributed by atoms with van der Waals surface area (Å²) in [7, 11) is 0. The molecule has 2 amide bonds. The van der Waals surface area contributed by atoms with Crippen LogP contribution in [0.25, 0.3) is 0 Å². The van der Waals surface area contributed by atoms with E-state index in [1.54, 1.807) is 9.80 Å². The molecule has 1 saturated heterocycles. The molecule has 0 bridgehead atoms. The smallest absolute Gasteiger partial charge is 0.257 e. The summed E-state index contributed by atoms with van der Waals surface area (Å²) in [5, 5.41) is 3.15. The molecule has 1 N–H and O–H groups in total. The van der Waals surface area contributed by atoms with Crippen LogP contribution in [-0.2, 0) is 4.79 Å². The topological polar surface area (TPSA) is 78.4 Å². The molecule has 2 heterocycles. The van der Waals surface area contributed by atoms with Gasteiger partial charge in [-0.1, -0.05) is 6.07 Å². The van der Waals surface area contributed by atoms with E-state index in [4.69, 9.17) is 0 Å². The molecule has 25 heavy (non-hydrogen) atoms. The van der Waals surface area contributed by atoms with Crippen LogP contribution < -0.4 is 5.32 Å². The second-order valence-electron chi connectivity index (χ2n) is 6.23. The molecule has 2 aromatic rings. The van der Waals surface area contributed by atoms with Gasteiger partial charge >= 0.3 is 0 Å². The van der Waals surface area contributed by atoms with Gasteiger partial charge in [0, 0.05) is 44.3 Å². The second-order valence-corrected chi connectivity index (χ2v) is 6.23. The van der Waals surface area contributed by atoms with E-state index < -0.39 is 0 Å². The fourth-order valence-electron chi connectivity index (χ4n) is 2.89. The van der Waals surface area contributed by atoms with Crippen LogP contribution in [-0.4, -0.2) is 58.3 Å². The molecule has 0 radical (unpaired) electrons. The van der Waals surface area contributed by atoms with E-state index in [1.165, 1.54) is 12.4 Å². The normalized spacial score (nSPS) is 14.3. The zero-order valence-corrected chi connectivity index (χ0v) is 14.4. The summed E-state index contributed by atoms with van der Waals surface area (Å²) in [6.07, 6.45) is 3.89. The Hall–Kier alpha value is -2.96. The SMILES string of the molecule is Cc1cc(C)cc(Nc2ncc(C(=O)N3CCN(C=O)CC3)cn2)c1. The molecule has 130 valence electrons. The van der Waals surface area contributed by atoms with E-state index in [0.717, 1.165) is 23.2 Å². The van der Waals surface area contributed by atoms with Crippen LogP contribution in [0, 0.1) is 13.8 Å². The van der Waals surface area contributed by atoms with E-state index in [-0.39, 0.29) is 5.91 Å². The molecule has 0 spiro atoms. The summed E-state index contributed by atoms with van der Waals surface area (Å²) >= 11 is 0. The molecule has 0 aliphatic carbocycles. The van der Waals surface area contributed by atoms with Gasteiger partial charge in [-0.2, -0.15) is 0 Å². The highest BCUT2D eigenvalue weighted by atomic mass is 16.2. The average Bonchev–Trinajstić information content (AvgIpc) is 2.61. The van der Waals surface area contributed by atoms with Gasteiger partial charge in [-0.25, -0.2) is 9.97 Å². The first-order valence-electron chi connectivity index (χ1n) is 8.21. The van der Waals surface area contributed by atoms with Gasteiger partial charge in [-0.15, -0.1) is 0 Å². The molecule has 1 aliphatic rings. The van der Waals surface area contributed by atoms with Crippen molar-refractivity contribution >= 4 is 24.0 Å². The van der Waals surface area contributed by atoms with Gasteiger partial charge in [0.05, 0.1) is 5.56 Å². The number of aromatic nitrogens is 2. The average molecular weight is 339 g/mol. The van der Waals surface area contributed by atoms with Crippen LogP contribution in [0.3, 0.4) is 0 Å². The number of anilines is 2. The molecule has 1 aromatic heterocycles. The lowest BCUT2D eigenvalue weighted by Crippen LogP contribution is -2.48. The van der Waals surface area contributed by atoms with E-state index in [2.05, 4.69) is 21.4 Å². The summed E-state index contributed by atoms with van der Waals surface area (Å²) in [5.41, 5.74) is 3.68. The second kappa shape index (κ2) is 7.29. The van der Waals surface area contributed by atoms with Crippen molar-refractivity contribution in [1.29, 1.82) is 0 Å². The molecule has 1 aromatic carbocycles. The number of amides is 2. The fourth-order valence-corrected chi connectivity index (χ4v) is 2.89. The highest BCUT2D eigenvalue weighted by Gasteiger charge is 2.21. The Labute approximate surface area is 146 Å². The first-order chi connectivity index (χ1) is 12.0. The molecule has 7 nitrogen and oxygen atoms in total. The maximum absolute atomic E-state index is 12.5. The Kier molecular flexibility index (Phi) is 4.92. The van der Waals surface area contributed by atoms with E-state index in [0.29, 0.717) is 37.7 Å². The Bertz CT molecular complexity index is 747. The maximum Gasteiger partial charge on any atom is 0.257 e. The molecule has 1 aliphatic heterocycles. The zero-order valence-electron chi connectivity index (χ0n) is 14.4. The summed E-state index contributed by atoms with van der Waals surface area (Å²) in [4.78, 5) is 35.1. The Balaban J connectivity index is 1.65. The number of carbonyl (C=O) groups excluding carboxylic acids is 2. The lowest BCUT2D eigenvalue weighted by molar-refractivity contribution is -0.119. The molecule has 0 unspecified atom stereocenters. The summed E-state index contributed by atoms with van der Waals surface area (Å²) < 4.78 is 0. The number of hydrogen-bond donors (Lipinski definition) is 1. The quantitative estimate of drug-likeness (QED) is 0.859. The highest BCUT2D eigenvalue weighted by Crippen LogP contribution is 2.17. The van der Waals surface area contributed by atoms with Crippen LogP contribution in [0.2, 0.25) is 0 Å². The molecule has 1 fully saturated rings. The van der Waals surface area contributed by atoms with Crippen molar-refractivity contribution < 1.29 is 9.59 Å². The lowest BCUT2D eigenvalue weighted by Gasteiger charge is -2.32. The van der Waals surface area contributed by atoms with E-state index in [9.17, 15) is 9.59 Å². The fraction of sp³-hybridized carbons (Fsp3) is 0.333. The van der Waals surface area contributed by atoms with Gasteiger partial charge in [0.15, 0.2) is 0 Å². The van der Waals surface area contributed by atoms with Gasteiger partial charge < -0.3 is 15.1 Å². The van der Waals surface area contributed by atoms with Crippen LogP contribution in [0.4, 0.5) is 11.6 Å². The number of carbonyl (C=O) groups is 2. The Morgan fingerprint density at radius 3 is 2.20 bits per heavy atom. The minimum Gasteiger partial charge on any atom is -0.342 e. The maximum atomic E-state index is 12.5. The van der Waals surface area contributed by atoms with Gasteiger partial charge in [0.2, 0.25) is 12.4 Å². The van der Waals surface area contributed by atoms with Crippen LogP contribution in [0.15, 0.2) is 30.6 Å². The van der Waals surface area contributed by atoms with Crippen molar-refractivity contribution in [3.05, 3.63) is 47.3 Å². The minimum absolute atomic E-state index is 0.108. The third-order valence-electron chi connectivity index (χ3n) is 4.13. The molecular formula is C18H21N5O2. The summed E-state index contributed by atoms with van der Waals surface area (Å²) in [6, 6.07) is 6.13. The first-order valence-corrected chi connectivity index (χ1v) is 8.21. The van der Waals surface area contributed by atoms with Crippen molar-refractivity contribution in [2.24, 2.45) is 0 Å². The van der Waals surface area contributed by atoms with Crippen LogP contribution in [0.1, 0.15) is 21.5 Å². The van der Waals surface area contributed by atoms with E-state index >= 15 is 0 Å². The lowest BCUT2D eigenvalue weighted by atomic mass is 10.1. The largest absolute Gasteiger partial charge is 0.342 e. The highest BCUT2D eigenvalue weighted by molar-refractivity contribution is 5.93. The standard InChI is InChI=1S/C18H21N5O2/c1-13-7-14(2)9-16(8-13)21-18-19-10-15(11-20-18)17(25)23-5-3-22(12-24)4-6-23/h7-12H,3-6H2,1-2H3,(H,19,20,21). The van der Waals surface area contributed by atoms with Crippen LogP contribution in [0.5, 0.6) is 0 Å². The molecule has 0 atom stereocenters. The van der Waals surface area contributed by atoms with Gasteiger partial charge in [0.1, 0.15) is 0 Å². The monoisotopic (exact) mass is 339 g/mol. The summed E-state index contributed by atoms with van der Waals surface area (Å²) in [5.74, 6) is 0.343.